The van der Waals surface area contributed by atoms with E-state index in [1.807, 2.05) is 30.3 Å². The summed E-state index contributed by atoms with van der Waals surface area (Å²) < 4.78 is 2.25. The summed E-state index contributed by atoms with van der Waals surface area (Å²) in [7, 11) is 0. The first-order valence-corrected chi connectivity index (χ1v) is 16.7. The lowest BCUT2D eigenvalue weighted by molar-refractivity contribution is -0.137. The number of hydrogen-bond acceptors (Lipinski definition) is 11. The van der Waals surface area contributed by atoms with Gasteiger partial charge >= 0.3 is 5.97 Å². The molecular formula is C31H27N5O3S4. The van der Waals surface area contributed by atoms with E-state index in [2.05, 4.69) is 40.1 Å². The van der Waals surface area contributed by atoms with E-state index in [9.17, 15) is 9.90 Å². The van der Waals surface area contributed by atoms with E-state index in [1.54, 1.807) is 35.2 Å². The largest absolute Gasteiger partial charge is 0.508 e. The zero-order chi connectivity index (χ0) is 29.0. The molecule has 0 amide bonds. The molecule has 8 rings (SSSR count). The summed E-state index contributed by atoms with van der Waals surface area (Å²) in [6.45, 7) is 2.14. The van der Waals surface area contributed by atoms with Crippen LogP contribution < -0.4 is 5.73 Å². The third kappa shape index (κ3) is 5.67. The quantitative estimate of drug-likeness (QED) is 0.167. The highest BCUT2D eigenvalue weighted by molar-refractivity contribution is 8.15. The molecule has 0 saturated heterocycles. The Kier molecular flexibility index (Phi) is 8.03. The van der Waals surface area contributed by atoms with Gasteiger partial charge in [0.25, 0.3) is 0 Å². The molecule has 4 heterocycles. The number of hydrogen-bond donors (Lipinski definition) is 3. The first-order valence-electron chi connectivity index (χ1n) is 13.1. The summed E-state index contributed by atoms with van der Waals surface area (Å²) in [6, 6.07) is 19.0. The van der Waals surface area contributed by atoms with Gasteiger partial charge in [0.2, 0.25) is 0 Å². The second-order valence-corrected chi connectivity index (χ2v) is 14.0. The van der Waals surface area contributed by atoms with Gasteiger partial charge < -0.3 is 15.9 Å². The number of rotatable bonds is 3. The van der Waals surface area contributed by atoms with Crippen LogP contribution in [0.1, 0.15) is 24.4 Å². The third-order valence-corrected chi connectivity index (χ3v) is 11.6. The van der Waals surface area contributed by atoms with Crippen molar-refractivity contribution in [1.29, 1.82) is 0 Å². The van der Waals surface area contributed by atoms with Crippen molar-refractivity contribution >= 4 is 110 Å². The lowest BCUT2D eigenvalue weighted by Crippen LogP contribution is -2.17. The van der Waals surface area contributed by atoms with Crippen molar-refractivity contribution in [1.82, 2.24) is 9.97 Å². The fourth-order valence-corrected chi connectivity index (χ4v) is 9.21. The number of nitrogens with two attached hydrogens (primary N) is 1. The fraction of sp³-hybridized carbons (Fsp3) is 0.194. The Bertz CT molecular complexity index is 2100. The van der Waals surface area contributed by atoms with Crippen molar-refractivity contribution in [3.8, 4) is 5.75 Å². The number of thioether (sulfide) groups is 2. The van der Waals surface area contributed by atoms with E-state index in [1.165, 1.54) is 38.6 Å². The monoisotopic (exact) mass is 645 g/mol. The molecule has 0 spiro atoms. The van der Waals surface area contributed by atoms with Gasteiger partial charge in [-0.05, 0) is 60.2 Å². The molecule has 4 N–H and O–H groups in total. The summed E-state index contributed by atoms with van der Waals surface area (Å²) in [5.74, 6) is 0.846. The Balaban J connectivity index is 0.000000150. The molecule has 0 saturated carbocycles. The molecule has 8 nitrogen and oxygen atoms in total. The van der Waals surface area contributed by atoms with E-state index in [4.69, 9.17) is 15.8 Å². The smallest absolute Gasteiger partial charge is 0.329 e. The Labute approximate surface area is 263 Å². The number of aromatic nitrogens is 2. The number of thiazole rings is 2. The second kappa shape index (κ2) is 11.8. The number of nitrogen functional groups attached to an aromatic ring is 1. The first-order chi connectivity index (χ1) is 20.3. The van der Waals surface area contributed by atoms with Crippen molar-refractivity contribution in [3.05, 3.63) is 70.7 Å². The minimum Gasteiger partial charge on any atom is -0.508 e. The van der Waals surface area contributed by atoms with Crippen LogP contribution in [0.25, 0.3) is 42.0 Å². The van der Waals surface area contributed by atoms with Gasteiger partial charge in [0.1, 0.15) is 25.9 Å². The van der Waals surface area contributed by atoms with Crippen LogP contribution in [0, 0.1) is 0 Å². The lowest BCUT2D eigenvalue weighted by Gasteiger charge is -1.99. The number of carboxylic acid groups (broad SMARTS) is 1. The number of carbonyl (C=O) groups is 1. The standard InChI is InChI=1S/C15H13N3S2.C15H10N2O3S2.CH4/c1-8-7-19-14(17-8)15-18-12-5-2-9-6-10(16)3-4-11(9)13(12)20-15;18-8-2-3-9-7(5-8)1-4-10-12(9)22-14(16-10)13-17-11(6-21-13)15(19)20;/h2-6,8H,7,16H2,1H3;1-5,11,18H,6H2,(H,19,20);1H4. The topological polar surface area (TPSA) is 134 Å². The highest BCUT2D eigenvalue weighted by Crippen LogP contribution is 2.36. The number of aliphatic imine (C=N–C) groups is 2. The Morgan fingerprint density at radius 1 is 0.814 bits per heavy atom. The van der Waals surface area contributed by atoms with Gasteiger partial charge in [-0.2, -0.15) is 0 Å². The van der Waals surface area contributed by atoms with Gasteiger partial charge in [0.15, 0.2) is 6.04 Å². The molecule has 2 unspecified atom stereocenters. The van der Waals surface area contributed by atoms with Crippen molar-refractivity contribution in [3.63, 3.8) is 0 Å². The SMILES string of the molecule is C.CC1CSC(c2nc3ccc4cc(N)ccc4c3s2)=N1.O=C(O)C1CSC(c2nc3ccc4cc(O)ccc4c3s2)=N1. The number of fused-ring (bicyclic) bond motifs is 6. The lowest BCUT2D eigenvalue weighted by atomic mass is 10.1. The van der Waals surface area contributed by atoms with Gasteiger partial charge in [-0.15, -0.1) is 46.2 Å². The minimum absolute atomic E-state index is 0. The summed E-state index contributed by atoms with van der Waals surface area (Å²) in [6.07, 6.45) is 0. The highest BCUT2D eigenvalue weighted by atomic mass is 32.2. The van der Waals surface area contributed by atoms with Crippen LogP contribution in [-0.4, -0.2) is 59.8 Å². The first kappa shape index (κ1) is 29.4. The van der Waals surface area contributed by atoms with Gasteiger partial charge in [-0.3, -0.25) is 9.98 Å². The van der Waals surface area contributed by atoms with Crippen LogP contribution in [-0.2, 0) is 4.79 Å². The molecule has 43 heavy (non-hydrogen) atoms. The van der Waals surface area contributed by atoms with Gasteiger partial charge in [-0.1, -0.05) is 25.6 Å². The van der Waals surface area contributed by atoms with Crippen LogP contribution >= 0.6 is 46.2 Å². The molecule has 0 fully saturated rings. The van der Waals surface area contributed by atoms with Crippen LogP contribution in [0.5, 0.6) is 5.75 Å². The third-order valence-electron chi connectivity index (χ3n) is 6.85. The van der Waals surface area contributed by atoms with Gasteiger partial charge in [0.05, 0.1) is 26.5 Å². The molecule has 4 aromatic carbocycles. The van der Waals surface area contributed by atoms with Crippen LogP contribution in [0.3, 0.4) is 0 Å². The Hall–Kier alpha value is -3.71. The molecule has 2 atom stereocenters. The predicted molar refractivity (Wildman–Crippen MR) is 186 cm³/mol. The molecule has 0 radical (unpaired) electrons. The molecule has 2 aromatic heterocycles. The molecule has 0 aliphatic carbocycles. The molecule has 2 aliphatic heterocycles. The Morgan fingerprint density at radius 3 is 1.98 bits per heavy atom. The zero-order valence-corrected chi connectivity index (χ0v) is 25.4. The van der Waals surface area contributed by atoms with Gasteiger partial charge in [-0.25, -0.2) is 14.8 Å². The average Bonchev–Trinajstić information content (AvgIpc) is 3.78. The maximum atomic E-state index is 11.0. The van der Waals surface area contributed by atoms with Crippen LogP contribution in [0.4, 0.5) is 5.69 Å². The molecule has 2 aliphatic rings. The van der Waals surface area contributed by atoms with E-state index in [0.717, 1.165) is 53.0 Å². The summed E-state index contributed by atoms with van der Waals surface area (Å²) in [5.41, 5.74) is 8.56. The maximum Gasteiger partial charge on any atom is 0.329 e. The number of carboxylic acids is 1. The van der Waals surface area contributed by atoms with Gasteiger partial charge in [0, 0.05) is 28.0 Å². The molecular weight excluding hydrogens is 619 g/mol. The minimum atomic E-state index is -0.899. The predicted octanol–water partition coefficient (Wildman–Crippen LogP) is 7.65. The fourth-order valence-electron chi connectivity index (χ4n) is 4.83. The molecule has 0 bridgehead atoms. The number of anilines is 1. The molecule has 6 aromatic rings. The van der Waals surface area contributed by atoms with Crippen molar-refractivity contribution in [2.75, 3.05) is 17.2 Å². The van der Waals surface area contributed by atoms with E-state index < -0.39 is 12.0 Å². The van der Waals surface area contributed by atoms with E-state index >= 15 is 0 Å². The second-order valence-electron chi connectivity index (χ2n) is 9.95. The van der Waals surface area contributed by atoms with Crippen molar-refractivity contribution in [2.24, 2.45) is 9.98 Å². The Morgan fingerprint density at radius 2 is 1.40 bits per heavy atom. The normalized spacial score (nSPS) is 18.0. The van der Waals surface area contributed by atoms with Crippen molar-refractivity contribution in [2.45, 2.75) is 26.4 Å². The number of benzene rings is 4. The number of phenolic OH excluding ortho intramolecular Hbond substituents is 1. The maximum absolute atomic E-state index is 11.0. The van der Waals surface area contributed by atoms with Crippen LogP contribution in [0.15, 0.2) is 70.6 Å². The summed E-state index contributed by atoms with van der Waals surface area (Å²) in [5, 5.41) is 26.5. The average molecular weight is 646 g/mol. The number of nitrogens with zero attached hydrogens (tertiary/aromatic N) is 4. The number of aliphatic carboxylic acids is 1. The van der Waals surface area contributed by atoms with E-state index in [0.29, 0.717) is 16.8 Å². The van der Waals surface area contributed by atoms with E-state index in [-0.39, 0.29) is 13.2 Å². The number of aromatic hydroxyl groups is 1. The highest BCUT2D eigenvalue weighted by Gasteiger charge is 2.27. The number of phenols is 1. The van der Waals surface area contributed by atoms with Crippen LogP contribution in [0.2, 0.25) is 0 Å². The summed E-state index contributed by atoms with van der Waals surface area (Å²) in [4.78, 5) is 29.2. The van der Waals surface area contributed by atoms with Crippen molar-refractivity contribution < 1.29 is 15.0 Å². The summed E-state index contributed by atoms with van der Waals surface area (Å²) >= 11 is 6.47. The zero-order valence-electron chi connectivity index (χ0n) is 22.1. The molecule has 12 heteroatoms. The molecule has 218 valence electrons.